The molecule has 0 saturated heterocycles. The Hall–Kier alpha value is -4.13. The first-order valence-electron chi connectivity index (χ1n) is 10.1. The Morgan fingerprint density at radius 3 is 2.58 bits per heavy atom. The van der Waals surface area contributed by atoms with Crippen LogP contribution in [0.5, 0.6) is 5.75 Å². The predicted molar refractivity (Wildman–Crippen MR) is 120 cm³/mol. The Morgan fingerprint density at radius 2 is 1.77 bits per heavy atom. The summed E-state index contributed by atoms with van der Waals surface area (Å²) in [5.41, 5.74) is 5.12. The summed E-state index contributed by atoms with van der Waals surface area (Å²) < 4.78 is 9.19. The van der Waals surface area contributed by atoms with Gasteiger partial charge in [0.05, 0.1) is 31.7 Å². The zero-order valence-corrected chi connectivity index (χ0v) is 17.1. The zero-order chi connectivity index (χ0) is 21.0. The summed E-state index contributed by atoms with van der Waals surface area (Å²) in [5.74, 6) is 1.58. The van der Waals surface area contributed by atoms with Crippen molar-refractivity contribution < 1.29 is 4.74 Å². The Kier molecular flexibility index (Phi) is 5.06. The van der Waals surface area contributed by atoms with Gasteiger partial charge in [-0.25, -0.2) is 9.97 Å². The zero-order valence-electron chi connectivity index (χ0n) is 17.1. The maximum atomic E-state index is 5.22. The molecular formula is C24H22N6O. The second-order valence-corrected chi connectivity index (χ2v) is 7.23. The summed E-state index contributed by atoms with van der Waals surface area (Å²) in [5, 5.41) is 7.91. The number of nitrogens with zero attached hydrogens (tertiary/aromatic N) is 5. The highest BCUT2D eigenvalue weighted by Gasteiger charge is 2.12. The van der Waals surface area contributed by atoms with E-state index in [1.807, 2.05) is 76.3 Å². The topological polar surface area (TPSA) is 69.3 Å². The molecule has 31 heavy (non-hydrogen) atoms. The van der Waals surface area contributed by atoms with E-state index >= 15 is 0 Å². The van der Waals surface area contributed by atoms with Crippen LogP contribution in [-0.2, 0) is 13.1 Å². The lowest BCUT2D eigenvalue weighted by Gasteiger charge is -2.08. The number of methoxy groups -OCH3 is 1. The molecule has 7 nitrogen and oxygen atoms in total. The number of ether oxygens (including phenoxy) is 1. The van der Waals surface area contributed by atoms with E-state index < -0.39 is 0 Å². The minimum absolute atomic E-state index is 0.647. The Labute approximate surface area is 180 Å². The van der Waals surface area contributed by atoms with Crippen LogP contribution in [-0.4, -0.2) is 31.3 Å². The number of nitrogens with one attached hydrogen (secondary N) is 1. The molecule has 5 rings (SSSR count). The molecule has 0 bridgehead atoms. The van der Waals surface area contributed by atoms with Crippen LogP contribution in [0.15, 0.2) is 85.6 Å². The van der Waals surface area contributed by atoms with Crippen molar-refractivity contribution in [1.82, 2.24) is 24.1 Å². The van der Waals surface area contributed by atoms with Crippen molar-refractivity contribution in [2.24, 2.45) is 0 Å². The second kappa shape index (κ2) is 8.31. The van der Waals surface area contributed by atoms with Gasteiger partial charge in [0, 0.05) is 30.7 Å². The number of fused-ring (bicyclic) bond motifs is 1. The number of hydrogen-bond acceptors (Lipinski definition) is 5. The van der Waals surface area contributed by atoms with Crippen molar-refractivity contribution in [2.45, 2.75) is 13.1 Å². The van der Waals surface area contributed by atoms with E-state index in [0.717, 1.165) is 40.6 Å². The molecule has 0 amide bonds. The molecule has 0 unspecified atom stereocenters. The molecule has 0 radical (unpaired) electrons. The minimum Gasteiger partial charge on any atom is -0.497 e. The van der Waals surface area contributed by atoms with Crippen LogP contribution in [0, 0.1) is 0 Å². The molecule has 0 aliphatic carbocycles. The van der Waals surface area contributed by atoms with Crippen LogP contribution in [0.1, 0.15) is 11.1 Å². The van der Waals surface area contributed by atoms with E-state index in [4.69, 9.17) is 4.74 Å². The van der Waals surface area contributed by atoms with Gasteiger partial charge < -0.3 is 10.1 Å². The maximum absolute atomic E-state index is 5.22. The summed E-state index contributed by atoms with van der Waals surface area (Å²) in [7, 11) is 1.67. The highest BCUT2D eigenvalue weighted by Crippen LogP contribution is 2.23. The molecule has 0 spiro atoms. The third kappa shape index (κ3) is 3.98. The van der Waals surface area contributed by atoms with Crippen LogP contribution >= 0.6 is 0 Å². The van der Waals surface area contributed by atoms with Gasteiger partial charge in [0.2, 0.25) is 0 Å². The Bertz CT molecular complexity index is 1290. The van der Waals surface area contributed by atoms with Gasteiger partial charge in [-0.3, -0.25) is 9.08 Å². The highest BCUT2D eigenvalue weighted by molar-refractivity contribution is 5.70. The number of anilines is 1. The lowest BCUT2D eigenvalue weighted by Crippen LogP contribution is -2.04. The summed E-state index contributed by atoms with van der Waals surface area (Å²) in [4.78, 5) is 9.09. The molecule has 1 N–H and O–H groups in total. The van der Waals surface area contributed by atoms with Gasteiger partial charge in [-0.2, -0.15) is 5.10 Å². The van der Waals surface area contributed by atoms with Crippen LogP contribution in [0.3, 0.4) is 0 Å². The number of benzene rings is 2. The summed E-state index contributed by atoms with van der Waals surface area (Å²) >= 11 is 0. The fourth-order valence-electron chi connectivity index (χ4n) is 3.54. The first-order valence-corrected chi connectivity index (χ1v) is 10.1. The first-order chi connectivity index (χ1) is 15.3. The van der Waals surface area contributed by atoms with Crippen molar-refractivity contribution in [1.29, 1.82) is 0 Å². The number of imidazole rings is 1. The lowest BCUT2D eigenvalue weighted by atomic mass is 10.2. The van der Waals surface area contributed by atoms with Crippen LogP contribution in [0.2, 0.25) is 0 Å². The standard InChI is InChI=1S/C24H22N6O/c1-31-21-9-7-18(8-10-21)13-26-23-24-27-15-22(30(24)12-11-25-23)20-14-28-29(17-20)16-19-5-3-2-4-6-19/h2-12,14-15,17H,13,16H2,1H3,(H,25,26). The minimum atomic E-state index is 0.647. The third-order valence-electron chi connectivity index (χ3n) is 5.16. The van der Waals surface area contributed by atoms with Crippen molar-refractivity contribution in [2.75, 3.05) is 12.4 Å². The molecule has 7 heteroatoms. The first kappa shape index (κ1) is 18.9. The third-order valence-corrected chi connectivity index (χ3v) is 5.16. The predicted octanol–water partition coefficient (Wildman–Crippen LogP) is 4.26. The molecule has 154 valence electrons. The van der Waals surface area contributed by atoms with Crippen LogP contribution < -0.4 is 10.1 Å². The van der Waals surface area contributed by atoms with E-state index in [1.165, 1.54) is 5.56 Å². The molecule has 0 aliphatic rings. The fourth-order valence-corrected chi connectivity index (χ4v) is 3.54. The van der Waals surface area contributed by atoms with Gasteiger partial charge in [0.15, 0.2) is 11.5 Å². The molecule has 2 aromatic carbocycles. The van der Waals surface area contributed by atoms with E-state index in [-0.39, 0.29) is 0 Å². The molecule has 3 heterocycles. The van der Waals surface area contributed by atoms with Crippen molar-refractivity contribution in [3.05, 3.63) is 96.7 Å². The summed E-state index contributed by atoms with van der Waals surface area (Å²) in [6, 6.07) is 18.3. The molecule has 0 atom stereocenters. The Morgan fingerprint density at radius 1 is 0.935 bits per heavy atom. The monoisotopic (exact) mass is 410 g/mol. The van der Waals surface area contributed by atoms with Crippen LogP contribution in [0.4, 0.5) is 5.82 Å². The van der Waals surface area contributed by atoms with Gasteiger partial charge in [0.25, 0.3) is 0 Å². The second-order valence-electron chi connectivity index (χ2n) is 7.23. The lowest BCUT2D eigenvalue weighted by molar-refractivity contribution is 0.414. The smallest absolute Gasteiger partial charge is 0.180 e. The molecule has 0 fully saturated rings. The maximum Gasteiger partial charge on any atom is 0.180 e. The van der Waals surface area contributed by atoms with E-state index in [1.54, 1.807) is 13.3 Å². The van der Waals surface area contributed by atoms with Crippen molar-refractivity contribution in [3.8, 4) is 17.0 Å². The average molecular weight is 410 g/mol. The van der Waals surface area contributed by atoms with E-state index in [2.05, 4.69) is 32.5 Å². The van der Waals surface area contributed by atoms with Gasteiger partial charge in [-0.1, -0.05) is 42.5 Å². The number of rotatable bonds is 7. The molecule has 0 saturated carbocycles. The van der Waals surface area contributed by atoms with Crippen LogP contribution in [0.25, 0.3) is 16.9 Å². The number of hydrogen-bond donors (Lipinski definition) is 1. The SMILES string of the molecule is COc1ccc(CNc2nccn3c(-c4cnn(Cc5ccccc5)c4)cnc23)cc1. The largest absolute Gasteiger partial charge is 0.497 e. The highest BCUT2D eigenvalue weighted by atomic mass is 16.5. The van der Waals surface area contributed by atoms with Gasteiger partial charge in [-0.05, 0) is 23.3 Å². The number of aromatic nitrogens is 5. The summed E-state index contributed by atoms with van der Waals surface area (Å²) in [6.07, 6.45) is 9.48. The average Bonchev–Trinajstić information content (AvgIpc) is 3.46. The van der Waals surface area contributed by atoms with E-state index in [9.17, 15) is 0 Å². The molecular weight excluding hydrogens is 388 g/mol. The summed E-state index contributed by atoms with van der Waals surface area (Å²) in [6.45, 7) is 1.38. The normalized spacial score (nSPS) is 11.0. The van der Waals surface area contributed by atoms with Crippen molar-refractivity contribution in [3.63, 3.8) is 0 Å². The van der Waals surface area contributed by atoms with Gasteiger partial charge in [0.1, 0.15) is 5.75 Å². The van der Waals surface area contributed by atoms with Gasteiger partial charge >= 0.3 is 0 Å². The van der Waals surface area contributed by atoms with Crippen molar-refractivity contribution >= 4 is 11.5 Å². The van der Waals surface area contributed by atoms with E-state index in [0.29, 0.717) is 6.54 Å². The molecule has 5 aromatic rings. The molecule has 0 aliphatic heterocycles. The molecule has 3 aromatic heterocycles. The Balaban J connectivity index is 1.36. The van der Waals surface area contributed by atoms with Gasteiger partial charge in [-0.15, -0.1) is 0 Å². The fraction of sp³-hybridized carbons (Fsp3) is 0.125. The quantitative estimate of drug-likeness (QED) is 0.434.